The van der Waals surface area contributed by atoms with Gasteiger partial charge in [-0.05, 0) is 24.6 Å². The van der Waals surface area contributed by atoms with E-state index < -0.39 is 0 Å². The van der Waals surface area contributed by atoms with Gasteiger partial charge in [0.15, 0.2) is 0 Å². The van der Waals surface area contributed by atoms with Crippen LogP contribution in [0.3, 0.4) is 0 Å². The monoisotopic (exact) mass is 315 g/mol. The van der Waals surface area contributed by atoms with Crippen LogP contribution in [-0.2, 0) is 0 Å². The summed E-state index contributed by atoms with van der Waals surface area (Å²) in [6.45, 7) is 8.95. The van der Waals surface area contributed by atoms with Gasteiger partial charge in [0.05, 0.1) is 10.0 Å². The number of piperazine rings is 1. The second-order valence-electron chi connectivity index (χ2n) is 5.31. The average Bonchev–Trinajstić information content (AvgIpc) is 2.48. The van der Waals surface area contributed by atoms with Crippen LogP contribution in [0.15, 0.2) is 18.2 Å². The van der Waals surface area contributed by atoms with E-state index >= 15 is 0 Å². The van der Waals surface area contributed by atoms with Crippen molar-refractivity contribution in [2.24, 2.45) is 5.73 Å². The highest BCUT2D eigenvalue weighted by Crippen LogP contribution is 2.30. The lowest BCUT2D eigenvalue weighted by Crippen LogP contribution is -2.46. The Labute approximate surface area is 131 Å². The molecule has 1 aromatic rings. The Morgan fingerprint density at radius 3 is 2.45 bits per heavy atom. The third-order valence-corrected chi connectivity index (χ3v) is 4.88. The molecule has 1 atom stereocenters. The van der Waals surface area contributed by atoms with Crippen molar-refractivity contribution in [1.82, 2.24) is 9.80 Å². The number of benzene rings is 1. The molecule has 1 fully saturated rings. The van der Waals surface area contributed by atoms with Crippen molar-refractivity contribution in [3.63, 3.8) is 0 Å². The summed E-state index contributed by atoms with van der Waals surface area (Å²) in [6.07, 6.45) is 0.909. The van der Waals surface area contributed by atoms with Crippen molar-refractivity contribution in [1.29, 1.82) is 0 Å². The molecule has 0 radical (unpaired) electrons. The van der Waals surface area contributed by atoms with Crippen LogP contribution in [0, 0.1) is 0 Å². The first-order valence-corrected chi connectivity index (χ1v) is 8.01. The Bertz CT molecular complexity index is 431. The summed E-state index contributed by atoms with van der Waals surface area (Å²) in [4.78, 5) is 4.95. The van der Waals surface area contributed by atoms with Crippen LogP contribution in [0.4, 0.5) is 0 Å². The van der Waals surface area contributed by atoms with Gasteiger partial charge in [0.2, 0.25) is 0 Å². The summed E-state index contributed by atoms with van der Waals surface area (Å²) in [5, 5.41) is 1.17. The van der Waals surface area contributed by atoms with Crippen molar-refractivity contribution < 1.29 is 0 Å². The third-order valence-electron chi connectivity index (χ3n) is 4.05. The normalized spacial score (nSPS) is 19.2. The first-order chi connectivity index (χ1) is 9.61. The lowest BCUT2D eigenvalue weighted by Gasteiger charge is -2.34. The minimum absolute atomic E-state index is 0.0506. The first kappa shape index (κ1) is 16.1. The van der Waals surface area contributed by atoms with Gasteiger partial charge in [-0.15, -0.1) is 0 Å². The maximum Gasteiger partial charge on any atom is 0.0640 e. The van der Waals surface area contributed by atoms with Crippen LogP contribution in [0.5, 0.6) is 0 Å². The predicted octanol–water partition coefficient (Wildman–Crippen LogP) is 3.02. The molecule has 1 aliphatic rings. The first-order valence-electron chi connectivity index (χ1n) is 7.26. The standard InChI is InChI=1S/C15H23Cl2N3/c1-2-19-8-10-20(11-9-19)7-6-14(18)12-4-3-5-13(16)15(12)17/h3-5,14H,2,6-11,18H2,1H3. The number of likely N-dealkylation sites (N-methyl/N-ethyl adjacent to an activating group) is 1. The number of nitrogens with zero attached hydrogens (tertiary/aromatic N) is 2. The second kappa shape index (κ2) is 7.62. The molecule has 112 valence electrons. The molecule has 0 saturated carbocycles. The van der Waals surface area contributed by atoms with Gasteiger partial charge in [0.1, 0.15) is 0 Å². The smallest absolute Gasteiger partial charge is 0.0640 e. The zero-order valence-electron chi connectivity index (χ0n) is 12.0. The van der Waals surface area contributed by atoms with Gasteiger partial charge in [-0.1, -0.05) is 42.3 Å². The molecule has 1 saturated heterocycles. The second-order valence-corrected chi connectivity index (χ2v) is 6.10. The molecule has 0 amide bonds. The summed E-state index contributed by atoms with van der Waals surface area (Å²) in [7, 11) is 0. The molecule has 1 unspecified atom stereocenters. The van der Waals surface area contributed by atoms with E-state index in [2.05, 4.69) is 16.7 Å². The lowest BCUT2D eigenvalue weighted by molar-refractivity contribution is 0.134. The molecule has 1 aliphatic heterocycles. The summed E-state index contributed by atoms with van der Waals surface area (Å²) in [5.74, 6) is 0. The zero-order chi connectivity index (χ0) is 14.5. The fourth-order valence-corrected chi connectivity index (χ4v) is 3.06. The average molecular weight is 316 g/mol. The van der Waals surface area contributed by atoms with E-state index in [1.165, 1.54) is 0 Å². The largest absolute Gasteiger partial charge is 0.324 e. The van der Waals surface area contributed by atoms with Gasteiger partial charge in [-0.2, -0.15) is 0 Å². The zero-order valence-corrected chi connectivity index (χ0v) is 13.5. The highest BCUT2D eigenvalue weighted by Gasteiger charge is 2.17. The third kappa shape index (κ3) is 4.09. The predicted molar refractivity (Wildman–Crippen MR) is 86.6 cm³/mol. The van der Waals surface area contributed by atoms with Crippen LogP contribution in [0.1, 0.15) is 24.9 Å². The SMILES string of the molecule is CCN1CCN(CCC(N)c2cccc(Cl)c2Cl)CC1. The van der Waals surface area contributed by atoms with Crippen molar-refractivity contribution in [2.45, 2.75) is 19.4 Å². The number of nitrogens with two attached hydrogens (primary N) is 1. The number of hydrogen-bond donors (Lipinski definition) is 1. The van der Waals surface area contributed by atoms with Crippen molar-refractivity contribution in [3.05, 3.63) is 33.8 Å². The van der Waals surface area contributed by atoms with E-state index in [1.807, 2.05) is 12.1 Å². The van der Waals surface area contributed by atoms with Gasteiger partial charge < -0.3 is 15.5 Å². The van der Waals surface area contributed by atoms with Crippen LogP contribution in [-0.4, -0.2) is 49.1 Å². The molecule has 0 aromatic heterocycles. The molecule has 1 aromatic carbocycles. The summed E-state index contributed by atoms with van der Waals surface area (Å²) < 4.78 is 0. The van der Waals surface area contributed by atoms with Crippen molar-refractivity contribution in [2.75, 3.05) is 39.3 Å². The van der Waals surface area contributed by atoms with Crippen LogP contribution < -0.4 is 5.73 Å². The molecule has 0 aliphatic carbocycles. The Morgan fingerprint density at radius 2 is 1.80 bits per heavy atom. The van der Waals surface area contributed by atoms with E-state index in [4.69, 9.17) is 28.9 Å². The minimum atomic E-state index is -0.0506. The van der Waals surface area contributed by atoms with E-state index in [1.54, 1.807) is 6.07 Å². The van der Waals surface area contributed by atoms with Crippen molar-refractivity contribution >= 4 is 23.2 Å². The fraction of sp³-hybridized carbons (Fsp3) is 0.600. The molecule has 0 spiro atoms. The molecular formula is C15H23Cl2N3. The molecular weight excluding hydrogens is 293 g/mol. The number of hydrogen-bond acceptors (Lipinski definition) is 3. The van der Waals surface area contributed by atoms with E-state index in [9.17, 15) is 0 Å². The summed E-state index contributed by atoms with van der Waals surface area (Å²) >= 11 is 12.3. The van der Waals surface area contributed by atoms with Gasteiger partial charge in [0.25, 0.3) is 0 Å². The Kier molecular flexibility index (Phi) is 6.12. The molecule has 2 rings (SSSR count). The van der Waals surface area contributed by atoms with Gasteiger partial charge >= 0.3 is 0 Å². The molecule has 20 heavy (non-hydrogen) atoms. The van der Waals surface area contributed by atoms with E-state index in [0.717, 1.165) is 51.3 Å². The van der Waals surface area contributed by atoms with E-state index in [-0.39, 0.29) is 6.04 Å². The molecule has 3 nitrogen and oxygen atoms in total. The minimum Gasteiger partial charge on any atom is -0.324 e. The van der Waals surface area contributed by atoms with E-state index in [0.29, 0.717) is 10.0 Å². The van der Waals surface area contributed by atoms with Gasteiger partial charge in [0, 0.05) is 38.8 Å². The molecule has 0 bridgehead atoms. The lowest BCUT2D eigenvalue weighted by atomic mass is 10.0. The summed E-state index contributed by atoms with van der Waals surface area (Å²) in [6, 6.07) is 5.62. The van der Waals surface area contributed by atoms with Crippen LogP contribution in [0.25, 0.3) is 0 Å². The quantitative estimate of drug-likeness (QED) is 0.906. The highest BCUT2D eigenvalue weighted by atomic mass is 35.5. The van der Waals surface area contributed by atoms with Crippen LogP contribution in [0.2, 0.25) is 10.0 Å². The summed E-state index contributed by atoms with van der Waals surface area (Å²) in [5.41, 5.74) is 7.21. The maximum absolute atomic E-state index is 6.26. The fourth-order valence-electron chi connectivity index (χ4n) is 2.61. The molecule has 5 heteroatoms. The Hall–Kier alpha value is -0.320. The highest BCUT2D eigenvalue weighted by molar-refractivity contribution is 6.42. The van der Waals surface area contributed by atoms with Crippen molar-refractivity contribution in [3.8, 4) is 0 Å². The Balaban J connectivity index is 1.83. The molecule has 2 N–H and O–H groups in total. The van der Waals surface area contributed by atoms with Gasteiger partial charge in [-0.3, -0.25) is 0 Å². The van der Waals surface area contributed by atoms with Gasteiger partial charge in [-0.25, -0.2) is 0 Å². The molecule has 1 heterocycles. The Morgan fingerprint density at radius 1 is 1.15 bits per heavy atom. The number of rotatable bonds is 5. The maximum atomic E-state index is 6.26. The topological polar surface area (TPSA) is 32.5 Å². The number of halogens is 2. The van der Waals surface area contributed by atoms with Crippen LogP contribution >= 0.6 is 23.2 Å².